The fourth-order valence-corrected chi connectivity index (χ4v) is 5.44. The van der Waals surface area contributed by atoms with Crippen LogP contribution in [0.4, 0.5) is 0 Å². The van der Waals surface area contributed by atoms with E-state index in [1.165, 1.54) is 12.8 Å². The van der Waals surface area contributed by atoms with Crippen molar-refractivity contribution >= 4 is 36.6 Å². The number of carbonyl (C=O) groups excluding carboxylic acids is 2. The summed E-state index contributed by atoms with van der Waals surface area (Å²) in [6.07, 6.45) is 6.10. The standard InChI is InChI=1S/C21H36N4O2.2ClH/c1-2-23-11-13-24(14-12-23)19(26)15-17-3-9-25(10-4-17)20(27)18-16-21(18)5-7-22-8-6-21;;/h17-18,22H,2-16H2,1H3;2*1H. The predicted molar refractivity (Wildman–Crippen MR) is 120 cm³/mol. The van der Waals surface area contributed by atoms with Crippen LogP contribution in [-0.2, 0) is 9.59 Å². The third-order valence-electron chi connectivity index (χ3n) is 7.65. The zero-order valence-electron chi connectivity index (χ0n) is 17.7. The Kier molecular flexibility index (Phi) is 9.07. The van der Waals surface area contributed by atoms with Crippen molar-refractivity contribution in [1.29, 1.82) is 0 Å². The van der Waals surface area contributed by atoms with Crippen LogP contribution in [0.3, 0.4) is 0 Å². The van der Waals surface area contributed by atoms with Gasteiger partial charge < -0.3 is 20.0 Å². The first-order valence-electron chi connectivity index (χ1n) is 11.1. The maximum absolute atomic E-state index is 12.9. The Labute approximate surface area is 187 Å². The van der Waals surface area contributed by atoms with Crippen molar-refractivity contribution in [2.75, 3.05) is 58.9 Å². The topological polar surface area (TPSA) is 55.9 Å². The van der Waals surface area contributed by atoms with Gasteiger partial charge in [0.05, 0.1) is 0 Å². The molecule has 168 valence electrons. The number of carbonyl (C=O) groups is 2. The summed E-state index contributed by atoms with van der Waals surface area (Å²) in [5.74, 6) is 1.47. The number of hydrogen-bond donors (Lipinski definition) is 1. The molecule has 4 aliphatic rings. The first-order valence-corrected chi connectivity index (χ1v) is 11.1. The highest BCUT2D eigenvalue weighted by atomic mass is 35.5. The van der Waals surface area contributed by atoms with Crippen LogP contribution in [0.25, 0.3) is 0 Å². The molecule has 0 radical (unpaired) electrons. The van der Waals surface area contributed by atoms with Crippen molar-refractivity contribution < 1.29 is 9.59 Å². The first kappa shape index (κ1) is 24.7. The Balaban J connectivity index is 0.00000150. The molecule has 2 amide bonds. The van der Waals surface area contributed by atoms with Crippen LogP contribution >= 0.6 is 24.8 Å². The fourth-order valence-electron chi connectivity index (χ4n) is 5.44. The lowest BCUT2D eigenvalue weighted by Crippen LogP contribution is -2.49. The SMILES string of the molecule is CCN1CCN(C(=O)CC2CCN(C(=O)C3CC34CCNCC4)CC2)CC1.Cl.Cl. The molecule has 0 aromatic rings. The van der Waals surface area contributed by atoms with Crippen molar-refractivity contribution in [2.24, 2.45) is 17.3 Å². The fraction of sp³-hybridized carbons (Fsp3) is 0.905. The number of nitrogens with one attached hydrogen (secondary N) is 1. The molecule has 3 saturated heterocycles. The molecule has 4 fully saturated rings. The van der Waals surface area contributed by atoms with E-state index in [1.807, 2.05) is 0 Å². The number of likely N-dealkylation sites (N-methyl/N-ethyl adjacent to an activating group) is 1. The number of piperazine rings is 1. The molecule has 0 bridgehead atoms. The van der Waals surface area contributed by atoms with Gasteiger partial charge in [-0.1, -0.05) is 6.92 Å². The zero-order valence-corrected chi connectivity index (χ0v) is 19.4. The van der Waals surface area contributed by atoms with Crippen LogP contribution in [0, 0.1) is 17.3 Å². The quantitative estimate of drug-likeness (QED) is 0.714. The predicted octanol–water partition coefficient (Wildman–Crippen LogP) is 2.01. The molecule has 0 aromatic heterocycles. The first-order chi connectivity index (χ1) is 13.1. The van der Waals surface area contributed by atoms with E-state index >= 15 is 0 Å². The molecule has 1 spiro atoms. The van der Waals surface area contributed by atoms with Crippen LogP contribution < -0.4 is 5.32 Å². The second-order valence-electron chi connectivity index (χ2n) is 9.16. The van der Waals surface area contributed by atoms with E-state index in [2.05, 4.69) is 26.9 Å². The van der Waals surface area contributed by atoms with Gasteiger partial charge in [-0.05, 0) is 63.1 Å². The maximum atomic E-state index is 12.9. The molecular formula is C21H38Cl2N4O2. The molecule has 29 heavy (non-hydrogen) atoms. The van der Waals surface area contributed by atoms with Gasteiger partial charge in [-0.25, -0.2) is 0 Å². The Bertz CT molecular complexity index is 555. The molecule has 8 heteroatoms. The average molecular weight is 449 g/mol. The minimum absolute atomic E-state index is 0. The number of hydrogen-bond acceptors (Lipinski definition) is 4. The molecule has 1 N–H and O–H groups in total. The lowest BCUT2D eigenvalue weighted by atomic mass is 9.90. The highest BCUT2D eigenvalue weighted by Crippen LogP contribution is 2.59. The Hall–Kier alpha value is -0.560. The number of piperidine rings is 2. The van der Waals surface area contributed by atoms with E-state index in [0.717, 1.165) is 78.2 Å². The van der Waals surface area contributed by atoms with Gasteiger partial charge in [0.25, 0.3) is 0 Å². The molecule has 1 saturated carbocycles. The van der Waals surface area contributed by atoms with Gasteiger partial charge in [0.1, 0.15) is 0 Å². The van der Waals surface area contributed by atoms with Crippen molar-refractivity contribution in [2.45, 2.75) is 45.4 Å². The molecule has 1 unspecified atom stereocenters. The summed E-state index contributed by atoms with van der Waals surface area (Å²) in [4.78, 5) is 32.1. The minimum Gasteiger partial charge on any atom is -0.342 e. The Morgan fingerprint density at radius 3 is 2.14 bits per heavy atom. The number of likely N-dealkylation sites (tertiary alicyclic amines) is 1. The summed E-state index contributed by atoms with van der Waals surface area (Å²) in [6.45, 7) is 10.9. The summed E-state index contributed by atoms with van der Waals surface area (Å²) in [7, 11) is 0. The molecular weight excluding hydrogens is 411 g/mol. The average Bonchev–Trinajstić information content (AvgIpc) is 3.41. The van der Waals surface area contributed by atoms with Crippen LogP contribution in [0.1, 0.15) is 45.4 Å². The molecule has 0 aromatic carbocycles. The lowest BCUT2D eigenvalue weighted by Gasteiger charge is -2.36. The highest BCUT2D eigenvalue weighted by Gasteiger charge is 2.58. The van der Waals surface area contributed by atoms with Crippen LogP contribution in [-0.4, -0.2) is 85.4 Å². The highest BCUT2D eigenvalue weighted by molar-refractivity contribution is 5.85. The van der Waals surface area contributed by atoms with Crippen LogP contribution in [0.2, 0.25) is 0 Å². The van der Waals surface area contributed by atoms with Gasteiger partial charge in [0, 0.05) is 51.6 Å². The van der Waals surface area contributed by atoms with Gasteiger partial charge in [-0.2, -0.15) is 0 Å². The molecule has 4 rings (SSSR count). The van der Waals surface area contributed by atoms with Crippen LogP contribution in [0.5, 0.6) is 0 Å². The minimum atomic E-state index is 0. The Morgan fingerprint density at radius 2 is 1.55 bits per heavy atom. The molecule has 1 aliphatic carbocycles. The van der Waals surface area contributed by atoms with Crippen molar-refractivity contribution in [3.05, 3.63) is 0 Å². The largest absolute Gasteiger partial charge is 0.342 e. The van der Waals surface area contributed by atoms with E-state index < -0.39 is 0 Å². The lowest BCUT2D eigenvalue weighted by molar-refractivity contribution is -0.136. The molecule has 6 nitrogen and oxygen atoms in total. The van der Waals surface area contributed by atoms with E-state index in [0.29, 0.717) is 29.6 Å². The normalized spacial score (nSPS) is 27.1. The smallest absolute Gasteiger partial charge is 0.226 e. The second kappa shape index (κ2) is 10.7. The van der Waals surface area contributed by atoms with E-state index in [1.54, 1.807) is 0 Å². The summed E-state index contributed by atoms with van der Waals surface area (Å²) in [5, 5.41) is 3.41. The number of amides is 2. The van der Waals surface area contributed by atoms with Crippen molar-refractivity contribution in [1.82, 2.24) is 20.0 Å². The number of halogens is 2. The molecule has 3 heterocycles. The van der Waals surface area contributed by atoms with Gasteiger partial charge in [-0.15, -0.1) is 24.8 Å². The van der Waals surface area contributed by atoms with Crippen molar-refractivity contribution in [3.8, 4) is 0 Å². The van der Waals surface area contributed by atoms with Gasteiger partial charge in [0.15, 0.2) is 0 Å². The second-order valence-corrected chi connectivity index (χ2v) is 9.16. The van der Waals surface area contributed by atoms with E-state index in [-0.39, 0.29) is 30.7 Å². The molecule has 1 atom stereocenters. The third kappa shape index (κ3) is 5.57. The number of nitrogens with zero attached hydrogens (tertiary/aromatic N) is 3. The van der Waals surface area contributed by atoms with Gasteiger partial charge >= 0.3 is 0 Å². The summed E-state index contributed by atoms with van der Waals surface area (Å²) < 4.78 is 0. The van der Waals surface area contributed by atoms with E-state index in [4.69, 9.17) is 0 Å². The monoisotopic (exact) mass is 448 g/mol. The van der Waals surface area contributed by atoms with E-state index in [9.17, 15) is 9.59 Å². The van der Waals surface area contributed by atoms with Gasteiger partial charge in [0.2, 0.25) is 11.8 Å². The number of rotatable bonds is 4. The summed E-state index contributed by atoms with van der Waals surface area (Å²) in [6, 6.07) is 0. The van der Waals surface area contributed by atoms with Gasteiger partial charge in [-0.3, -0.25) is 9.59 Å². The van der Waals surface area contributed by atoms with Crippen molar-refractivity contribution in [3.63, 3.8) is 0 Å². The third-order valence-corrected chi connectivity index (χ3v) is 7.65. The maximum Gasteiger partial charge on any atom is 0.226 e. The zero-order chi connectivity index (χ0) is 18.9. The summed E-state index contributed by atoms with van der Waals surface area (Å²) >= 11 is 0. The summed E-state index contributed by atoms with van der Waals surface area (Å²) in [5.41, 5.74) is 0.329. The van der Waals surface area contributed by atoms with Crippen LogP contribution in [0.15, 0.2) is 0 Å². The Morgan fingerprint density at radius 1 is 0.931 bits per heavy atom. The molecule has 3 aliphatic heterocycles.